The van der Waals surface area contributed by atoms with Gasteiger partial charge in [-0.15, -0.1) is 0 Å². The molecule has 0 aliphatic carbocycles. The maximum Gasteiger partial charge on any atom is 0.266 e. The van der Waals surface area contributed by atoms with Crippen LogP contribution in [0, 0.1) is 5.92 Å². The van der Waals surface area contributed by atoms with Crippen LogP contribution in [-0.4, -0.2) is 60.8 Å². The summed E-state index contributed by atoms with van der Waals surface area (Å²) in [5.41, 5.74) is 1.58. The third kappa shape index (κ3) is 7.06. The van der Waals surface area contributed by atoms with Crippen LogP contribution in [0.3, 0.4) is 0 Å². The monoisotopic (exact) mass is 539 g/mol. The number of carbonyl (C=O) groups is 3. The number of benzene rings is 2. The first kappa shape index (κ1) is 27.5. The molecule has 9 nitrogen and oxygen atoms in total. The summed E-state index contributed by atoms with van der Waals surface area (Å²) in [6.45, 7) is 2.92. The fourth-order valence-corrected chi connectivity index (χ4v) is 6.37. The average molecular weight is 540 g/mol. The number of oxazole rings is 1. The minimum atomic E-state index is -3.73. The van der Waals surface area contributed by atoms with Crippen molar-refractivity contribution in [1.29, 1.82) is 0 Å². The van der Waals surface area contributed by atoms with Crippen LogP contribution in [0.25, 0.3) is 11.1 Å². The molecule has 1 saturated heterocycles. The van der Waals surface area contributed by atoms with Crippen LogP contribution in [0.1, 0.15) is 55.3 Å². The van der Waals surface area contributed by atoms with Gasteiger partial charge in [0.15, 0.2) is 15.4 Å². The lowest BCUT2D eigenvalue weighted by Crippen LogP contribution is -2.47. The molecule has 3 aromatic rings. The van der Waals surface area contributed by atoms with Crippen LogP contribution in [0.5, 0.6) is 0 Å². The molecule has 2 heterocycles. The van der Waals surface area contributed by atoms with Crippen molar-refractivity contribution < 1.29 is 27.2 Å². The van der Waals surface area contributed by atoms with Gasteiger partial charge in [0.25, 0.3) is 5.89 Å². The number of amides is 2. The zero-order chi connectivity index (χ0) is 27.1. The van der Waals surface area contributed by atoms with E-state index in [1.54, 1.807) is 66.4 Å². The Morgan fingerprint density at radius 2 is 1.68 bits per heavy atom. The predicted octanol–water partition coefficient (Wildman–Crippen LogP) is 3.54. The Bertz CT molecular complexity index is 1350. The molecule has 2 amide bonds. The molecule has 1 aliphatic heterocycles. The van der Waals surface area contributed by atoms with Gasteiger partial charge in [0, 0.05) is 19.5 Å². The van der Waals surface area contributed by atoms with Gasteiger partial charge in [-0.05, 0) is 43.4 Å². The fraction of sp³-hybridized carbons (Fsp3) is 0.429. The van der Waals surface area contributed by atoms with Crippen molar-refractivity contribution in [3.05, 3.63) is 66.1 Å². The first-order valence-corrected chi connectivity index (χ1v) is 14.8. The van der Waals surface area contributed by atoms with E-state index in [0.29, 0.717) is 29.8 Å². The number of sulfone groups is 1. The molecule has 0 bridgehead atoms. The fourth-order valence-electron chi connectivity index (χ4n) is 4.67. The second-order valence-electron chi connectivity index (χ2n) is 9.70. The van der Waals surface area contributed by atoms with E-state index in [-0.39, 0.29) is 30.4 Å². The summed E-state index contributed by atoms with van der Waals surface area (Å²) < 4.78 is 31.7. The molecule has 2 atom stereocenters. The predicted molar refractivity (Wildman–Crippen MR) is 143 cm³/mol. The number of hydrogen-bond donors (Lipinski definition) is 1. The molecule has 38 heavy (non-hydrogen) atoms. The van der Waals surface area contributed by atoms with Crippen LogP contribution >= 0.6 is 0 Å². The Kier molecular flexibility index (Phi) is 8.93. The van der Waals surface area contributed by atoms with Crippen molar-refractivity contribution in [3.63, 3.8) is 0 Å². The van der Waals surface area contributed by atoms with E-state index in [9.17, 15) is 22.8 Å². The Morgan fingerprint density at radius 1 is 1.00 bits per heavy atom. The second kappa shape index (κ2) is 12.3. The van der Waals surface area contributed by atoms with Crippen LogP contribution in [0.15, 0.2) is 59.0 Å². The van der Waals surface area contributed by atoms with Gasteiger partial charge in [-0.1, -0.05) is 49.4 Å². The molecule has 2 aromatic carbocycles. The number of rotatable bonds is 11. The van der Waals surface area contributed by atoms with E-state index >= 15 is 0 Å². The van der Waals surface area contributed by atoms with Crippen molar-refractivity contribution in [1.82, 2.24) is 15.2 Å². The molecule has 0 spiro atoms. The standard InChI is InChI=1S/C28H33N3O6S/c1-2-22(26(33)28-30-23-13-7-8-14-24(23)37-28)29-27(34)21(17-25(32)31-15-9-4-10-16-31)19-38(35,36)18-20-11-5-3-6-12-20/h3,5-8,11-14,21-22H,2,4,9-10,15-19H2,1H3,(H,29,34)/t21?,22-/m0/s1. The minimum Gasteiger partial charge on any atom is -0.434 e. The number of nitrogens with zero attached hydrogens (tertiary/aromatic N) is 2. The minimum absolute atomic E-state index is 0.129. The number of ketones is 1. The molecule has 1 fully saturated rings. The number of fused-ring (bicyclic) bond motifs is 1. The van der Waals surface area contributed by atoms with Crippen molar-refractivity contribution in [2.45, 2.75) is 50.8 Å². The molecule has 1 aromatic heterocycles. The van der Waals surface area contributed by atoms with Gasteiger partial charge < -0.3 is 14.6 Å². The Hall–Kier alpha value is -3.53. The Labute approximate surface area is 222 Å². The van der Waals surface area contributed by atoms with Gasteiger partial charge in [0.2, 0.25) is 17.6 Å². The largest absolute Gasteiger partial charge is 0.434 e. The van der Waals surface area contributed by atoms with E-state index < -0.39 is 39.2 Å². The third-order valence-electron chi connectivity index (χ3n) is 6.73. The smallest absolute Gasteiger partial charge is 0.266 e. The maximum absolute atomic E-state index is 13.4. The Morgan fingerprint density at radius 3 is 2.37 bits per heavy atom. The van der Waals surface area contributed by atoms with Gasteiger partial charge >= 0.3 is 0 Å². The lowest BCUT2D eigenvalue weighted by Gasteiger charge is -2.28. The molecular formula is C28H33N3O6S. The first-order valence-electron chi connectivity index (χ1n) is 13.0. The lowest BCUT2D eigenvalue weighted by molar-refractivity contribution is -0.136. The van der Waals surface area contributed by atoms with Crippen molar-refractivity contribution in [2.75, 3.05) is 18.8 Å². The van der Waals surface area contributed by atoms with Gasteiger partial charge in [-0.2, -0.15) is 0 Å². The quantitative estimate of drug-likeness (QED) is 0.369. The molecule has 4 rings (SSSR count). The molecular weight excluding hydrogens is 506 g/mol. The highest BCUT2D eigenvalue weighted by Gasteiger charge is 2.33. The van der Waals surface area contributed by atoms with E-state index in [0.717, 1.165) is 19.3 Å². The molecule has 0 radical (unpaired) electrons. The maximum atomic E-state index is 13.4. The number of piperidine rings is 1. The molecule has 1 aliphatic rings. The SMILES string of the molecule is CC[C@H](NC(=O)C(CC(=O)N1CCCCC1)CS(=O)(=O)Cc1ccccc1)C(=O)c1nc2ccccc2o1. The summed E-state index contributed by atoms with van der Waals surface area (Å²) in [5.74, 6) is -3.42. The van der Waals surface area contributed by atoms with E-state index in [4.69, 9.17) is 4.42 Å². The van der Waals surface area contributed by atoms with Crippen LogP contribution in [0.4, 0.5) is 0 Å². The van der Waals surface area contributed by atoms with Gasteiger partial charge in [0.05, 0.1) is 23.5 Å². The lowest BCUT2D eigenvalue weighted by atomic mass is 10.0. The number of aromatic nitrogens is 1. The van der Waals surface area contributed by atoms with Crippen LogP contribution in [0.2, 0.25) is 0 Å². The van der Waals surface area contributed by atoms with Crippen molar-refractivity contribution in [3.8, 4) is 0 Å². The highest BCUT2D eigenvalue weighted by atomic mass is 32.2. The zero-order valence-electron chi connectivity index (χ0n) is 21.5. The second-order valence-corrected chi connectivity index (χ2v) is 11.8. The number of carbonyl (C=O) groups excluding carboxylic acids is 3. The van der Waals surface area contributed by atoms with Crippen molar-refractivity contribution in [2.24, 2.45) is 5.92 Å². The van der Waals surface area contributed by atoms with Gasteiger partial charge in [-0.3, -0.25) is 14.4 Å². The third-order valence-corrected chi connectivity index (χ3v) is 8.41. The number of likely N-dealkylation sites (tertiary alicyclic amines) is 1. The number of hydrogen-bond acceptors (Lipinski definition) is 7. The number of Topliss-reactive ketones (excluding diaryl/α,β-unsaturated/α-hetero) is 1. The summed E-state index contributed by atoms with van der Waals surface area (Å²) in [7, 11) is -3.73. The highest BCUT2D eigenvalue weighted by Crippen LogP contribution is 2.19. The molecule has 1 N–H and O–H groups in total. The van der Waals surface area contributed by atoms with Crippen LogP contribution < -0.4 is 5.32 Å². The normalized spacial score (nSPS) is 15.7. The average Bonchev–Trinajstić information content (AvgIpc) is 3.36. The highest BCUT2D eigenvalue weighted by molar-refractivity contribution is 7.90. The summed E-state index contributed by atoms with van der Waals surface area (Å²) in [6.07, 6.45) is 2.80. The summed E-state index contributed by atoms with van der Waals surface area (Å²) in [6, 6.07) is 14.7. The van der Waals surface area contributed by atoms with Crippen LogP contribution in [-0.2, 0) is 25.2 Å². The molecule has 0 saturated carbocycles. The molecule has 10 heteroatoms. The topological polar surface area (TPSA) is 127 Å². The first-order chi connectivity index (χ1) is 18.3. The molecule has 1 unspecified atom stereocenters. The summed E-state index contributed by atoms with van der Waals surface area (Å²) in [5, 5.41) is 2.68. The number of para-hydroxylation sites is 2. The summed E-state index contributed by atoms with van der Waals surface area (Å²) in [4.78, 5) is 45.5. The van der Waals surface area contributed by atoms with E-state index in [2.05, 4.69) is 10.3 Å². The van der Waals surface area contributed by atoms with Crippen molar-refractivity contribution >= 4 is 38.5 Å². The zero-order valence-corrected chi connectivity index (χ0v) is 22.3. The molecule has 202 valence electrons. The van der Waals surface area contributed by atoms with E-state index in [1.165, 1.54) is 0 Å². The number of nitrogens with one attached hydrogen (secondary N) is 1. The van der Waals surface area contributed by atoms with Gasteiger partial charge in [0.1, 0.15) is 5.52 Å². The summed E-state index contributed by atoms with van der Waals surface area (Å²) >= 11 is 0. The Balaban J connectivity index is 1.51. The van der Waals surface area contributed by atoms with Gasteiger partial charge in [-0.25, -0.2) is 13.4 Å². The van der Waals surface area contributed by atoms with E-state index in [1.807, 2.05) is 0 Å².